The van der Waals surface area contributed by atoms with E-state index in [-0.39, 0.29) is 12.2 Å². The zero-order chi connectivity index (χ0) is 9.44. The highest BCUT2D eigenvalue weighted by Crippen LogP contribution is 1.90. The maximum Gasteiger partial charge on any atom is 0.152 e. The molecular formula is C8H20O3. The second kappa shape index (κ2) is 7.98. The van der Waals surface area contributed by atoms with Gasteiger partial charge in [-0.1, -0.05) is 0 Å². The van der Waals surface area contributed by atoms with Gasteiger partial charge in [0, 0.05) is 6.10 Å². The molecular weight excluding hydrogens is 144 g/mol. The van der Waals surface area contributed by atoms with Crippen molar-refractivity contribution in [2.45, 2.75) is 53.1 Å². The van der Waals surface area contributed by atoms with E-state index in [4.69, 9.17) is 14.9 Å². The number of aliphatic hydroxyl groups is 2. The Labute approximate surface area is 69.0 Å². The lowest BCUT2D eigenvalue weighted by atomic mass is 10.5. The normalized spacial score (nSPS) is 12.8. The van der Waals surface area contributed by atoms with Gasteiger partial charge in [-0.2, -0.15) is 0 Å². The maximum absolute atomic E-state index is 8.50. The van der Waals surface area contributed by atoms with Gasteiger partial charge in [0.15, 0.2) is 6.29 Å². The molecule has 1 unspecified atom stereocenters. The molecule has 0 aromatic heterocycles. The van der Waals surface area contributed by atoms with Gasteiger partial charge in [-0.15, -0.1) is 0 Å². The van der Waals surface area contributed by atoms with Gasteiger partial charge in [-0.05, 0) is 34.6 Å². The molecule has 0 bridgehead atoms. The molecule has 0 heterocycles. The fourth-order valence-electron chi connectivity index (χ4n) is 0.394. The van der Waals surface area contributed by atoms with Crippen LogP contribution in [0.3, 0.4) is 0 Å². The first kappa shape index (κ1) is 13.5. The van der Waals surface area contributed by atoms with Crippen LogP contribution < -0.4 is 0 Å². The van der Waals surface area contributed by atoms with E-state index in [1.807, 2.05) is 13.8 Å². The Bertz CT molecular complexity index is 61.0. The van der Waals surface area contributed by atoms with Crippen LogP contribution in [0.2, 0.25) is 0 Å². The van der Waals surface area contributed by atoms with Crippen molar-refractivity contribution >= 4 is 0 Å². The average molecular weight is 164 g/mol. The highest BCUT2D eigenvalue weighted by molar-refractivity contribution is 4.34. The summed E-state index contributed by atoms with van der Waals surface area (Å²) in [5, 5.41) is 16.6. The van der Waals surface area contributed by atoms with Gasteiger partial charge in [-0.25, -0.2) is 0 Å². The summed E-state index contributed by atoms with van der Waals surface area (Å²) in [5.41, 5.74) is 0. The number of rotatable bonds is 2. The summed E-state index contributed by atoms with van der Waals surface area (Å²) in [6.45, 7) is 8.80. The van der Waals surface area contributed by atoms with Crippen molar-refractivity contribution in [2.24, 2.45) is 0 Å². The van der Waals surface area contributed by atoms with Gasteiger partial charge in [0.25, 0.3) is 0 Å². The number of aliphatic hydroxyl groups excluding tert-OH is 2. The number of ether oxygens (including phenoxy) is 1. The molecule has 0 rings (SSSR count). The largest absolute Gasteiger partial charge is 0.394 e. The fraction of sp³-hybridized carbons (Fsp3) is 1.00. The molecule has 0 aliphatic rings. The molecule has 70 valence electrons. The van der Waals surface area contributed by atoms with Gasteiger partial charge in [0.2, 0.25) is 0 Å². The van der Waals surface area contributed by atoms with Crippen molar-refractivity contribution in [3.63, 3.8) is 0 Å². The Hall–Kier alpha value is -0.120. The van der Waals surface area contributed by atoms with E-state index in [1.54, 1.807) is 20.8 Å². The highest BCUT2D eigenvalue weighted by atomic mass is 16.6. The van der Waals surface area contributed by atoms with E-state index < -0.39 is 6.29 Å². The highest BCUT2D eigenvalue weighted by Gasteiger charge is 1.95. The Morgan fingerprint density at radius 3 is 1.18 bits per heavy atom. The summed E-state index contributed by atoms with van der Waals surface area (Å²) >= 11 is 0. The minimum atomic E-state index is -0.625. The molecule has 0 saturated carbocycles. The van der Waals surface area contributed by atoms with E-state index in [2.05, 4.69) is 0 Å². The van der Waals surface area contributed by atoms with Gasteiger partial charge in [-0.3, -0.25) is 0 Å². The van der Waals surface area contributed by atoms with Crippen LogP contribution in [0.5, 0.6) is 0 Å². The summed E-state index contributed by atoms with van der Waals surface area (Å²) in [6, 6.07) is 0. The summed E-state index contributed by atoms with van der Waals surface area (Å²) in [5.74, 6) is 0. The van der Waals surface area contributed by atoms with Crippen LogP contribution in [-0.2, 0) is 4.74 Å². The fourth-order valence-corrected chi connectivity index (χ4v) is 0.394. The molecule has 3 heteroatoms. The molecule has 0 amide bonds. The van der Waals surface area contributed by atoms with Gasteiger partial charge in [0.05, 0.1) is 6.10 Å². The van der Waals surface area contributed by atoms with E-state index in [1.165, 1.54) is 0 Å². The van der Waals surface area contributed by atoms with Crippen molar-refractivity contribution < 1.29 is 14.9 Å². The third kappa shape index (κ3) is 40.8. The van der Waals surface area contributed by atoms with Gasteiger partial charge < -0.3 is 14.9 Å². The van der Waals surface area contributed by atoms with Crippen molar-refractivity contribution in [3.8, 4) is 0 Å². The third-order valence-electron chi connectivity index (χ3n) is 0.469. The molecule has 0 radical (unpaired) electrons. The zero-order valence-electron chi connectivity index (χ0n) is 8.03. The second-order valence-electron chi connectivity index (χ2n) is 2.88. The summed E-state index contributed by atoms with van der Waals surface area (Å²) < 4.78 is 4.81. The van der Waals surface area contributed by atoms with Crippen LogP contribution in [0.1, 0.15) is 34.6 Å². The summed E-state index contributed by atoms with van der Waals surface area (Å²) in [4.78, 5) is 0. The zero-order valence-corrected chi connectivity index (χ0v) is 8.03. The molecule has 0 aliphatic heterocycles. The minimum Gasteiger partial charge on any atom is -0.394 e. The molecule has 11 heavy (non-hydrogen) atoms. The Kier molecular flexibility index (Phi) is 9.77. The molecule has 0 aliphatic carbocycles. The Morgan fingerprint density at radius 1 is 0.909 bits per heavy atom. The molecule has 0 aromatic carbocycles. The molecule has 0 fully saturated rings. The first-order chi connectivity index (χ1) is 4.86. The number of hydrogen-bond acceptors (Lipinski definition) is 3. The van der Waals surface area contributed by atoms with E-state index in [0.29, 0.717) is 0 Å². The average Bonchev–Trinajstić information content (AvgIpc) is 1.56. The smallest absolute Gasteiger partial charge is 0.152 e. The van der Waals surface area contributed by atoms with Gasteiger partial charge in [0.1, 0.15) is 0 Å². The molecule has 2 N–H and O–H groups in total. The predicted octanol–water partition coefficient (Wildman–Crippen LogP) is 1.14. The third-order valence-corrected chi connectivity index (χ3v) is 0.469. The van der Waals surface area contributed by atoms with Crippen LogP contribution in [-0.4, -0.2) is 28.7 Å². The summed E-state index contributed by atoms with van der Waals surface area (Å²) in [7, 11) is 0. The Morgan fingerprint density at radius 2 is 1.18 bits per heavy atom. The molecule has 1 atom stereocenters. The van der Waals surface area contributed by atoms with Gasteiger partial charge >= 0.3 is 0 Å². The standard InChI is InChI=1S/C5H12O2.C3H8O/c1-4(2)7-5(3)6;1-3(2)4/h4-6H,1-3H3;3-4H,1-2H3. The minimum absolute atomic E-state index is 0.125. The van der Waals surface area contributed by atoms with Crippen LogP contribution in [0.25, 0.3) is 0 Å². The van der Waals surface area contributed by atoms with Crippen LogP contribution in [0.15, 0.2) is 0 Å². The number of hydrogen-bond donors (Lipinski definition) is 2. The Balaban J connectivity index is 0. The lowest BCUT2D eigenvalue weighted by Crippen LogP contribution is -2.12. The monoisotopic (exact) mass is 164 g/mol. The lowest BCUT2D eigenvalue weighted by molar-refractivity contribution is -0.112. The van der Waals surface area contributed by atoms with E-state index >= 15 is 0 Å². The quantitative estimate of drug-likeness (QED) is 0.602. The van der Waals surface area contributed by atoms with Crippen molar-refractivity contribution in [3.05, 3.63) is 0 Å². The maximum atomic E-state index is 8.50. The molecule has 0 spiro atoms. The first-order valence-corrected chi connectivity index (χ1v) is 3.87. The molecule has 0 aromatic rings. The predicted molar refractivity (Wildman–Crippen MR) is 45.3 cm³/mol. The van der Waals surface area contributed by atoms with Crippen molar-refractivity contribution in [1.82, 2.24) is 0 Å². The van der Waals surface area contributed by atoms with E-state index in [9.17, 15) is 0 Å². The molecule has 0 saturated heterocycles. The summed E-state index contributed by atoms with van der Waals surface area (Å²) in [6.07, 6.45) is -0.667. The van der Waals surface area contributed by atoms with Crippen LogP contribution >= 0.6 is 0 Å². The topological polar surface area (TPSA) is 49.7 Å². The van der Waals surface area contributed by atoms with Crippen LogP contribution in [0, 0.1) is 0 Å². The van der Waals surface area contributed by atoms with Crippen LogP contribution in [0.4, 0.5) is 0 Å². The second-order valence-corrected chi connectivity index (χ2v) is 2.88. The van der Waals surface area contributed by atoms with Crippen molar-refractivity contribution in [2.75, 3.05) is 0 Å². The molecule has 3 nitrogen and oxygen atoms in total. The van der Waals surface area contributed by atoms with Crippen molar-refractivity contribution in [1.29, 1.82) is 0 Å². The first-order valence-electron chi connectivity index (χ1n) is 3.87. The lowest BCUT2D eigenvalue weighted by Gasteiger charge is -2.08. The van der Waals surface area contributed by atoms with E-state index in [0.717, 1.165) is 0 Å². The SMILES string of the molecule is CC(C)O.CC(C)OC(C)O.